The van der Waals surface area contributed by atoms with Gasteiger partial charge in [0.1, 0.15) is 0 Å². The molecule has 2 aromatic carbocycles. The normalized spacial score (nSPS) is 14.4. The second-order valence-corrected chi connectivity index (χ2v) is 9.40. The fourth-order valence-electron chi connectivity index (χ4n) is 4.74. The van der Waals surface area contributed by atoms with Gasteiger partial charge in [-0.25, -0.2) is 0 Å². The van der Waals surface area contributed by atoms with E-state index >= 15 is 0 Å². The lowest BCUT2D eigenvalue weighted by Crippen LogP contribution is -2.47. The Hall–Kier alpha value is -2.76. The predicted octanol–water partition coefficient (Wildman–Crippen LogP) is 5.47. The fraction of sp³-hybridized carbons (Fsp3) is 0.393. The van der Waals surface area contributed by atoms with E-state index in [1.807, 2.05) is 42.5 Å². The first-order chi connectivity index (χ1) is 16.6. The Kier molecular flexibility index (Phi) is 8.30. The van der Waals surface area contributed by atoms with Crippen LogP contribution in [0.5, 0.6) is 0 Å². The Bertz CT molecular complexity index is 1090. The molecule has 1 N–H and O–H groups in total. The molecule has 1 amide bonds. The molecule has 1 aliphatic heterocycles. The molecule has 1 aromatic heterocycles. The van der Waals surface area contributed by atoms with E-state index in [0.717, 1.165) is 79.6 Å². The summed E-state index contributed by atoms with van der Waals surface area (Å²) in [6.07, 6.45) is 1.98. The van der Waals surface area contributed by atoms with Crippen molar-refractivity contribution in [2.75, 3.05) is 44.2 Å². The van der Waals surface area contributed by atoms with Gasteiger partial charge < -0.3 is 14.8 Å². The lowest BCUT2D eigenvalue weighted by molar-refractivity contribution is 0.0950. The largest absolute Gasteiger partial charge is 0.369 e. The quantitative estimate of drug-likeness (QED) is 0.414. The van der Waals surface area contributed by atoms with Crippen LogP contribution in [0.15, 0.2) is 60.7 Å². The van der Waals surface area contributed by atoms with Gasteiger partial charge in [0, 0.05) is 61.4 Å². The maximum atomic E-state index is 13.0. The minimum Gasteiger partial charge on any atom is -0.369 e. The molecule has 0 unspecified atom stereocenters. The zero-order chi connectivity index (χ0) is 23.9. The average Bonchev–Trinajstić information content (AvgIpc) is 3.19. The van der Waals surface area contributed by atoms with Gasteiger partial charge in [-0.3, -0.25) is 9.69 Å². The summed E-state index contributed by atoms with van der Waals surface area (Å²) in [7, 11) is 0. The van der Waals surface area contributed by atoms with Crippen molar-refractivity contribution in [1.82, 2.24) is 14.8 Å². The van der Waals surface area contributed by atoms with Crippen molar-refractivity contribution in [2.24, 2.45) is 0 Å². The van der Waals surface area contributed by atoms with Crippen LogP contribution in [0.1, 0.15) is 35.8 Å². The summed E-state index contributed by atoms with van der Waals surface area (Å²) in [5, 5.41) is 3.93. The van der Waals surface area contributed by atoms with E-state index in [-0.39, 0.29) is 5.91 Å². The molecule has 0 radical (unpaired) electrons. The Morgan fingerprint density at radius 2 is 1.74 bits per heavy atom. The molecule has 5 nitrogen and oxygen atoms in total. The third-order valence-electron chi connectivity index (χ3n) is 6.61. The van der Waals surface area contributed by atoms with E-state index in [0.29, 0.717) is 6.54 Å². The number of aromatic nitrogens is 1. The van der Waals surface area contributed by atoms with Crippen molar-refractivity contribution < 1.29 is 4.79 Å². The minimum absolute atomic E-state index is 0.0234. The van der Waals surface area contributed by atoms with Crippen molar-refractivity contribution in [3.63, 3.8) is 0 Å². The first kappa shape index (κ1) is 24.4. The van der Waals surface area contributed by atoms with E-state index in [2.05, 4.69) is 51.7 Å². The summed E-state index contributed by atoms with van der Waals surface area (Å²) in [5.41, 5.74) is 5.27. The summed E-state index contributed by atoms with van der Waals surface area (Å²) < 4.78 is 2.27. The molecular weight excluding hydrogens is 444 g/mol. The standard InChI is InChI=1S/C28H35ClN4O/c1-3-14-33-22(2)26(21-27(33)23-9-5-4-6-10-23)28(34)30-13-8-15-31-16-18-32(19-17-31)25-12-7-11-24(29)20-25/h4-7,9-12,20-21H,3,8,13-19H2,1-2H3,(H,30,34). The van der Waals surface area contributed by atoms with Crippen molar-refractivity contribution in [1.29, 1.82) is 0 Å². The maximum absolute atomic E-state index is 13.0. The average molecular weight is 479 g/mol. The second kappa shape index (κ2) is 11.6. The highest BCUT2D eigenvalue weighted by atomic mass is 35.5. The van der Waals surface area contributed by atoms with Gasteiger partial charge in [0.15, 0.2) is 0 Å². The monoisotopic (exact) mass is 478 g/mol. The molecule has 1 fully saturated rings. The SMILES string of the molecule is CCCn1c(-c2ccccc2)cc(C(=O)NCCCN2CCN(c3cccc(Cl)c3)CC2)c1C. The van der Waals surface area contributed by atoms with Gasteiger partial charge in [0.25, 0.3) is 5.91 Å². The lowest BCUT2D eigenvalue weighted by Gasteiger charge is -2.36. The molecule has 0 aliphatic carbocycles. The Morgan fingerprint density at radius 1 is 0.971 bits per heavy atom. The third kappa shape index (κ3) is 5.83. The highest BCUT2D eigenvalue weighted by molar-refractivity contribution is 6.30. The van der Waals surface area contributed by atoms with Gasteiger partial charge >= 0.3 is 0 Å². The lowest BCUT2D eigenvalue weighted by atomic mass is 10.1. The van der Waals surface area contributed by atoms with Crippen LogP contribution in [-0.4, -0.2) is 54.6 Å². The van der Waals surface area contributed by atoms with Crippen molar-refractivity contribution in [3.05, 3.63) is 76.9 Å². The van der Waals surface area contributed by atoms with E-state index in [1.165, 1.54) is 5.69 Å². The van der Waals surface area contributed by atoms with Crippen molar-refractivity contribution >= 4 is 23.2 Å². The molecule has 0 bridgehead atoms. The van der Waals surface area contributed by atoms with E-state index in [1.54, 1.807) is 0 Å². The topological polar surface area (TPSA) is 40.5 Å². The molecule has 0 spiro atoms. The Morgan fingerprint density at radius 3 is 2.44 bits per heavy atom. The van der Waals surface area contributed by atoms with Crippen molar-refractivity contribution in [3.8, 4) is 11.3 Å². The molecule has 0 atom stereocenters. The zero-order valence-electron chi connectivity index (χ0n) is 20.3. The van der Waals surface area contributed by atoms with Crippen LogP contribution in [0.4, 0.5) is 5.69 Å². The first-order valence-corrected chi connectivity index (χ1v) is 12.7. The highest BCUT2D eigenvalue weighted by Crippen LogP contribution is 2.26. The molecule has 0 saturated carbocycles. The van der Waals surface area contributed by atoms with E-state index in [4.69, 9.17) is 11.6 Å². The first-order valence-electron chi connectivity index (χ1n) is 12.3. The molecule has 4 rings (SSSR count). The second-order valence-electron chi connectivity index (χ2n) is 8.96. The molecule has 2 heterocycles. The van der Waals surface area contributed by atoms with Gasteiger partial charge in [0.05, 0.1) is 5.56 Å². The molecular formula is C28H35ClN4O. The summed E-state index contributed by atoms with van der Waals surface area (Å²) in [4.78, 5) is 17.9. The van der Waals surface area contributed by atoms with Crippen LogP contribution >= 0.6 is 11.6 Å². The number of anilines is 1. The number of halogens is 1. The summed E-state index contributed by atoms with van der Waals surface area (Å²) in [6.45, 7) is 10.9. The van der Waals surface area contributed by atoms with Gasteiger partial charge in [-0.2, -0.15) is 0 Å². The minimum atomic E-state index is 0.0234. The predicted molar refractivity (Wildman–Crippen MR) is 142 cm³/mol. The van der Waals surface area contributed by atoms with Crippen LogP contribution < -0.4 is 10.2 Å². The number of amides is 1. The maximum Gasteiger partial charge on any atom is 0.253 e. The van der Waals surface area contributed by atoms with E-state index < -0.39 is 0 Å². The van der Waals surface area contributed by atoms with Crippen LogP contribution in [0.25, 0.3) is 11.3 Å². The molecule has 1 saturated heterocycles. The number of piperazine rings is 1. The number of hydrogen-bond acceptors (Lipinski definition) is 3. The van der Waals surface area contributed by atoms with Gasteiger partial charge in [-0.05, 0) is 56.1 Å². The van der Waals surface area contributed by atoms with Crippen molar-refractivity contribution in [2.45, 2.75) is 33.2 Å². The van der Waals surface area contributed by atoms with Crippen LogP contribution in [0, 0.1) is 6.92 Å². The molecule has 34 heavy (non-hydrogen) atoms. The number of rotatable bonds is 9. The molecule has 6 heteroatoms. The highest BCUT2D eigenvalue weighted by Gasteiger charge is 2.19. The van der Waals surface area contributed by atoms with Gasteiger partial charge in [0.2, 0.25) is 0 Å². The van der Waals surface area contributed by atoms with E-state index in [9.17, 15) is 4.79 Å². The Labute approximate surface area is 208 Å². The Balaban J connectivity index is 1.27. The smallest absolute Gasteiger partial charge is 0.253 e. The number of carbonyl (C=O) groups excluding carboxylic acids is 1. The number of carbonyl (C=O) groups is 1. The summed E-state index contributed by atoms with van der Waals surface area (Å²) in [5.74, 6) is 0.0234. The number of hydrogen-bond donors (Lipinski definition) is 1. The summed E-state index contributed by atoms with van der Waals surface area (Å²) in [6, 6.07) is 20.4. The molecule has 180 valence electrons. The van der Waals surface area contributed by atoms with Gasteiger partial charge in [-0.1, -0.05) is 54.9 Å². The molecule has 3 aromatic rings. The number of nitrogens with zero attached hydrogens (tertiary/aromatic N) is 3. The number of nitrogens with one attached hydrogen (secondary N) is 1. The zero-order valence-corrected chi connectivity index (χ0v) is 21.0. The summed E-state index contributed by atoms with van der Waals surface area (Å²) >= 11 is 6.14. The molecule has 1 aliphatic rings. The third-order valence-corrected chi connectivity index (χ3v) is 6.85. The van der Waals surface area contributed by atoms with Crippen LogP contribution in [-0.2, 0) is 6.54 Å². The van der Waals surface area contributed by atoms with Crippen LogP contribution in [0.3, 0.4) is 0 Å². The number of benzene rings is 2. The van der Waals surface area contributed by atoms with Gasteiger partial charge in [-0.15, -0.1) is 0 Å². The fourth-order valence-corrected chi connectivity index (χ4v) is 4.92. The van der Waals surface area contributed by atoms with Crippen LogP contribution in [0.2, 0.25) is 5.02 Å².